The maximum atomic E-state index is 11.7. The van der Waals surface area contributed by atoms with Crippen LogP contribution in [0.1, 0.15) is 66.4 Å². The van der Waals surface area contributed by atoms with Gasteiger partial charge in [0.15, 0.2) is 0 Å². The third-order valence-electron chi connectivity index (χ3n) is 9.80. The Labute approximate surface area is 316 Å². The molecule has 0 fully saturated rings. The number of hydrogen-bond acceptors (Lipinski definition) is 6. The second-order valence-electron chi connectivity index (χ2n) is 13.4. The Morgan fingerprint density at radius 3 is 0.764 bits per heavy atom. The van der Waals surface area contributed by atoms with Crippen LogP contribution >= 0.6 is 0 Å². The van der Waals surface area contributed by atoms with Gasteiger partial charge in [0.25, 0.3) is 0 Å². The van der Waals surface area contributed by atoms with E-state index in [1.54, 1.807) is 48.5 Å². The number of carboxylic acid groups (broad SMARTS) is 4. The average molecular weight is 737 g/mol. The van der Waals surface area contributed by atoms with E-state index >= 15 is 0 Å². The Morgan fingerprint density at radius 1 is 0.400 bits per heavy atom. The highest BCUT2D eigenvalue weighted by Crippen LogP contribution is 2.48. The van der Waals surface area contributed by atoms with Crippen LogP contribution in [0.3, 0.4) is 0 Å². The van der Waals surface area contributed by atoms with E-state index < -0.39 is 29.3 Å². The summed E-state index contributed by atoms with van der Waals surface area (Å²) < 4.78 is 12.0. The number of benzene rings is 6. The molecule has 6 aromatic carbocycles. The maximum Gasteiger partial charge on any atom is 0.335 e. The molecule has 4 N–H and O–H groups in total. The van der Waals surface area contributed by atoms with Gasteiger partial charge in [-0.15, -0.1) is 0 Å². The molecule has 55 heavy (non-hydrogen) atoms. The van der Waals surface area contributed by atoms with Gasteiger partial charge in [0.05, 0.1) is 36.5 Å². The second kappa shape index (κ2) is 15.0. The summed E-state index contributed by atoms with van der Waals surface area (Å²) >= 11 is 0. The molecule has 0 saturated carbocycles. The minimum Gasteiger partial charge on any atom is -0.495 e. The summed E-state index contributed by atoms with van der Waals surface area (Å²) in [6.07, 6.45) is 0. The summed E-state index contributed by atoms with van der Waals surface area (Å²) in [6.45, 7) is 4.08. The van der Waals surface area contributed by atoms with Gasteiger partial charge in [-0.1, -0.05) is 62.4 Å². The Kier molecular flexibility index (Phi) is 10.3. The van der Waals surface area contributed by atoms with Gasteiger partial charge in [-0.25, -0.2) is 19.2 Å². The zero-order valence-corrected chi connectivity index (χ0v) is 30.3. The standard InChI is InChI=1S/C45H36O10/c1-45(2,33-21-35(25-5-13-29(14-6-25)41(46)47)39(54-3)36(22-33)26-7-15-30(16-8-26)42(48)49)34-23-37(27-9-17-31(18-10-27)43(50)51)40(55-4)38(24-34)28-11-19-32(20-12-28)44(52)53/h5-24H,1-4H3,(H,46,47)(H,48,49)(H,50,51)(H,52,53). The summed E-state index contributed by atoms with van der Waals surface area (Å²) in [5.74, 6) is -3.25. The Balaban J connectivity index is 1.63. The highest BCUT2D eigenvalue weighted by Gasteiger charge is 2.30. The molecular weight excluding hydrogens is 700 g/mol. The monoisotopic (exact) mass is 736 g/mol. The average Bonchev–Trinajstić information content (AvgIpc) is 3.19. The number of carbonyl (C=O) groups is 4. The molecule has 0 aliphatic carbocycles. The number of methoxy groups -OCH3 is 2. The number of ether oxygens (including phenoxy) is 2. The highest BCUT2D eigenvalue weighted by molar-refractivity contribution is 5.93. The molecule has 0 spiro atoms. The molecule has 6 rings (SSSR count). The molecule has 0 atom stereocenters. The van der Waals surface area contributed by atoms with E-state index in [4.69, 9.17) is 9.47 Å². The summed E-state index contributed by atoms with van der Waals surface area (Å²) in [7, 11) is 3.08. The highest BCUT2D eigenvalue weighted by atomic mass is 16.5. The smallest absolute Gasteiger partial charge is 0.335 e. The van der Waals surface area contributed by atoms with Gasteiger partial charge >= 0.3 is 23.9 Å². The van der Waals surface area contributed by atoms with Crippen molar-refractivity contribution in [3.05, 3.63) is 155 Å². The lowest BCUT2D eigenvalue weighted by molar-refractivity contribution is 0.0686. The van der Waals surface area contributed by atoms with Crippen LogP contribution in [0.5, 0.6) is 11.5 Å². The summed E-state index contributed by atoms with van der Waals surface area (Å²) in [4.78, 5) is 46.8. The molecule has 6 aromatic rings. The third-order valence-corrected chi connectivity index (χ3v) is 9.80. The van der Waals surface area contributed by atoms with Crippen molar-refractivity contribution in [2.45, 2.75) is 19.3 Å². The summed E-state index contributed by atoms with van der Waals surface area (Å²) in [6, 6.07) is 33.7. The fraction of sp³-hybridized carbons (Fsp3) is 0.111. The third kappa shape index (κ3) is 7.38. The molecular formula is C45H36O10. The zero-order chi connectivity index (χ0) is 39.6. The van der Waals surface area contributed by atoms with Gasteiger partial charge in [0.2, 0.25) is 0 Å². The van der Waals surface area contributed by atoms with Crippen molar-refractivity contribution in [1.82, 2.24) is 0 Å². The van der Waals surface area contributed by atoms with Crippen LogP contribution in [0.4, 0.5) is 0 Å². The van der Waals surface area contributed by atoms with Gasteiger partial charge in [-0.05, 0) is 106 Å². The molecule has 0 bridgehead atoms. The van der Waals surface area contributed by atoms with E-state index in [1.807, 2.05) is 38.1 Å². The van der Waals surface area contributed by atoms with E-state index in [9.17, 15) is 39.6 Å². The molecule has 0 aromatic heterocycles. The van der Waals surface area contributed by atoms with Crippen LogP contribution in [0.2, 0.25) is 0 Å². The van der Waals surface area contributed by atoms with Crippen molar-refractivity contribution >= 4 is 23.9 Å². The number of rotatable bonds is 12. The van der Waals surface area contributed by atoms with Crippen LogP contribution in [0, 0.1) is 0 Å². The van der Waals surface area contributed by atoms with Crippen LogP contribution in [0.15, 0.2) is 121 Å². The van der Waals surface area contributed by atoms with Crippen molar-refractivity contribution in [1.29, 1.82) is 0 Å². The van der Waals surface area contributed by atoms with Gasteiger partial charge in [0.1, 0.15) is 11.5 Å². The number of hydrogen-bond donors (Lipinski definition) is 4. The first-order valence-corrected chi connectivity index (χ1v) is 17.0. The maximum absolute atomic E-state index is 11.7. The predicted octanol–water partition coefficient (Wildman–Crippen LogP) is 9.49. The van der Waals surface area contributed by atoms with Gasteiger partial charge in [-0.3, -0.25) is 0 Å². The SMILES string of the molecule is COc1c(-c2ccc(C(=O)O)cc2)cc(C(C)(C)c2cc(-c3ccc(C(=O)O)cc3)c(OC)c(-c3ccc(C(=O)O)cc3)c2)cc1-c1ccc(C(=O)O)cc1. The number of carboxylic acids is 4. The molecule has 0 radical (unpaired) electrons. The van der Waals surface area contributed by atoms with Crippen LogP contribution in [-0.2, 0) is 5.41 Å². The molecule has 0 amide bonds. The molecule has 0 saturated heterocycles. The van der Waals surface area contributed by atoms with Crippen molar-refractivity contribution in [3.63, 3.8) is 0 Å². The first-order valence-electron chi connectivity index (χ1n) is 17.0. The van der Waals surface area contributed by atoms with Crippen LogP contribution < -0.4 is 9.47 Å². The zero-order valence-electron chi connectivity index (χ0n) is 30.3. The van der Waals surface area contributed by atoms with Crippen LogP contribution in [-0.4, -0.2) is 58.5 Å². The second-order valence-corrected chi connectivity index (χ2v) is 13.4. The van der Waals surface area contributed by atoms with E-state index in [1.165, 1.54) is 62.8 Å². The van der Waals surface area contributed by atoms with Gasteiger partial charge in [-0.2, -0.15) is 0 Å². The normalized spacial score (nSPS) is 11.1. The molecule has 0 aliphatic heterocycles. The molecule has 10 nitrogen and oxygen atoms in total. The lowest BCUT2D eigenvalue weighted by atomic mass is 9.74. The molecule has 276 valence electrons. The van der Waals surface area contributed by atoms with E-state index in [0.29, 0.717) is 56.0 Å². The topological polar surface area (TPSA) is 168 Å². The Hall–Kier alpha value is -7.20. The molecule has 0 heterocycles. The Bertz CT molecular complexity index is 2110. The molecule has 10 heteroatoms. The van der Waals surface area contributed by atoms with Crippen molar-refractivity contribution in [3.8, 4) is 56.0 Å². The fourth-order valence-corrected chi connectivity index (χ4v) is 6.61. The first kappa shape index (κ1) is 37.6. The quantitative estimate of drug-likeness (QED) is 0.0950. The van der Waals surface area contributed by atoms with Crippen molar-refractivity contribution in [2.24, 2.45) is 0 Å². The first-order chi connectivity index (χ1) is 26.2. The molecule has 0 aliphatic rings. The fourth-order valence-electron chi connectivity index (χ4n) is 6.61. The minimum absolute atomic E-state index is 0.120. The van der Waals surface area contributed by atoms with E-state index in [-0.39, 0.29) is 22.3 Å². The van der Waals surface area contributed by atoms with Gasteiger partial charge < -0.3 is 29.9 Å². The van der Waals surface area contributed by atoms with E-state index in [0.717, 1.165) is 11.1 Å². The van der Waals surface area contributed by atoms with Crippen molar-refractivity contribution in [2.75, 3.05) is 14.2 Å². The Morgan fingerprint density at radius 2 is 0.600 bits per heavy atom. The summed E-state index contributed by atoms with van der Waals surface area (Å²) in [5.41, 5.74) is 6.80. The molecule has 0 unspecified atom stereocenters. The predicted molar refractivity (Wildman–Crippen MR) is 208 cm³/mol. The minimum atomic E-state index is -1.06. The van der Waals surface area contributed by atoms with Crippen molar-refractivity contribution < 1.29 is 49.1 Å². The largest absolute Gasteiger partial charge is 0.495 e. The summed E-state index contributed by atoms with van der Waals surface area (Å²) in [5, 5.41) is 38.3. The number of aromatic carboxylic acids is 4. The van der Waals surface area contributed by atoms with Gasteiger partial charge in [0, 0.05) is 27.7 Å². The van der Waals surface area contributed by atoms with Crippen LogP contribution in [0.25, 0.3) is 44.5 Å². The van der Waals surface area contributed by atoms with E-state index in [2.05, 4.69) is 0 Å². The lowest BCUT2D eigenvalue weighted by Gasteiger charge is -2.30. The lowest BCUT2D eigenvalue weighted by Crippen LogP contribution is -2.20.